The molecule has 1 N–H and O–H groups in total. The van der Waals surface area contributed by atoms with Crippen LogP contribution in [0.4, 0.5) is 0 Å². The highest BCUT2D eigenvalue weighted by Gasteiger charge is 2.60. The molecule has 14 heavy (non-hydrogen) atoms. The number of fused-ring (bicyclic) bond motifs is 2. The SMILES string of the molecule is C/C(=N/O)[C@H]1C[C@@]2(C)CC[C@H]1C2(C)C. The third kappa shape index (κ3) is 0.999. The fourth-order valence-electron chi connectivity index (χ4n) is 3.81. The first-order valence-electron chi connectivity index (χ1n) is 5.61. The highest BCUT2D eigenvalue weighted by atomic mass is 16.4. The van der Waals surface area contributed by atoms with Crippen molar-refractivity contribution < 1.29 is 5.21 Å². The summed E-state index contributed by atoms with van der Waals surface area (Å²) >= 11 is 0. The van der Waals surface area contributed by atoms with Gasteiger partial charge < -0.3 is 5.21 Å². The minimum Gasteiger partial charge on any atom is -0.411 e. The van der Waals surface area contributed by atoms with E-state index in [0.29, 0.717) is 16.7 Å². The lowest BCUT2D eigenvalue weighted by atomic mass is 9.71. The van der Waals surface area contributed by atoms with Crippen molar-refractivity contribution in [3.05, 3.63) is 0 Å². The fourth-order valence-corrected chi connectivity index (χ4v) is 3.81. The molecule has 2 heteroatoms. The summed E-state index contributed by atoms with van der Waals surface area (Å²) in [4.78, 5) is 0. The Kier molecular flexibility index (Phi) is 1.96. The predicted octanol–water partition coefficient (Wildman–Crippen LogP) is 3.30. The number of hydrogen-bond acceptors (Lipinski definition) is 2. The van der Waals surface area contributed by atoms with Gasteiger partial charge in [-0.3, -0.25) is 0 Å². The first kappa shape index (κ1) is 10.0. The predicted molar refractivity (Wildman–Crippen MR) is 57.6 cm³/mol. The van der Waals surface area contributed by atoms with E-state index in [1.54, 1.807) is 0 Å². The molecule has 2 bridgehead atoms. The Morgan fingerprint density at radius 2 is 2.00 bits per heavy atom. The van der Waals surface area contributed by atoms with Crippen molar-refractivity contribution >= 4 is 5.71 Å². The molecule has 0 aromatic heterocycles. The summed E-state index contributed by atoms with van der Waals surface area (Å²) < 4.78 is 0. The summed E-state index contributed by atoms with van der Waals surface area (Å²) in [6, 6.07) is 0. The standard InChI is InChI=1S/C12H21NO/c1-8(13-14)9-7-12(4)6-5-10(9)11(12,2)3/h9-10,14H,5-7H2,1-4H3/b13-8-/t9-,10-,12-/m1/s1. The molecule has 2 rings (SSSR count). The molecule has 0 aromatic rings. The third-order valence-electron chi connectivity index (χ3n) is 5.34. The molecule has 0 aliphatic heterocycles. The van der Waals surface area contributed by atoms with Crippen molar-refractivity contribution in [3.63, 3.8) is 0 Å². The number of rotatable bonds is 1. The Balaban J connectivity index is 2.32. The van der Waals surface area contributed by atoms with Gasteiger partial charge in [-0.25, -0.2) is 0 Å². The maximum Gasteiger partial charge on any atom is 0.0574 e. The molecular formula is C12H21NO. The molecule has 2 saturated carbocycles. The van der Waals surface area contributed by atoms with E-state index in [1.165, 1.54) is 19.3 Å². The summed E-state index contributed by atoms with van der Waals surface area (Å²) in [5.74, 6) is 1.25. The van der Waals surface area contributed by atoms with Crippen LogP contribution >= 0.6 is 0 Å². The Morgan fingerprint density at radius 3 is 2.36 bits per heavy atom. The van der Waals surface area contributed by atoms with Crippen molar-refractivity contribution in [1.29, 1.82) is 0 Å². The number of hydrogen-bond donors (Lipinski definition) is 1. The Hall–Kier alpha value is -0.530. The van der Waals surface area contributed by atoms with E-state index in [2.05, 4.69) is 25.9 Å². The van der Waals surface area contributed by atoms with E-state index < -0.39 is 0 Å². The lowest BCUT2D eigenvalue weighted by Gasteiger charge is -2.34. The van der Waals surface area contributed by atoms with Crippen LogP contribution in [0.5, 0.6) is 0 Å². The van der Waals surface area contributed by atoms with Gasteiger partial charge in [0, 0.05) is 5.92 Å². The van der Waals surface area contributed by atoms with Gasteiger partial charge in [0.25, 0.3) is 0 Å². The highest BCUT2D eigenvalue weighted by Crippen LogP contribution is 2.67. The fraction of sp³-hybridized carbons (Fsp3) is 0.917. The van der Waals surface area contributed by atoms with Gasteiger partial charge in [-0.05, 0) is 42.9 Å². The normalized spacial score (nSPS) is 45.9. The molecule has 2 nitrogen and oxygen atoms in total. The van der Waals surface area contributed by atoms with Crippen LogP contribution in [-0.2, 0) is 0 Å². The van der Waals surface area contributed by atoms with Gasteiger partial charge in [-0.2, -0.15) is 0 Å². The van der Waals surface area contributed by atoms with Gasteiger partial charge in [0.1, 0.15) is 0 Å². The van der Waals surface area contributed by atoms with E-state index in [1.807, 2.05) is 6.92 Å². The Bertz CT molecular complexity index is 279. The van der Waals surface area contributed by atoms with Crippen molar-refractivity contribution in [3.8, 4) is 0 Å². The monoisotopic (exact) mass is 195 g/mol. The lowest BCUT2D eigenvalue weighted by Crippen LogP contribution is -2.26. The lowest BCUT2D eigenvalue weighted by molar-refractivity contribution is 0.152. The van der Waals surface area contributed by atoms with Crippen molar-refractivity contribution in [1.82, 2.24) is 0 Å². The smallest absolute Gasteiger partial charge is 0.0574 e. The first-order chi connectivity index (χ1) is 6.42. The van der Waals surface area contributed by atoms with Crippen LogP contribution in [0.15, 0.2) is 5.16 Å². The van der Waals surface area contributed by atoms with Gasteiger partial charge in [-0.1, -0.05) is 25.9 Å². The molecule has 3 atom stereocenters. The van der Waals surface area contributed by atoms with Crippen LogP contribution in [0, 0.1) is 22.7 Å². The Labute approximate surface area is 86.4 Å². The second-order valence-corrected chi connectivity index (χ2v) is 5.98. The Morgan fingerprint density at radius 1 is 1.36 bits per heavy atom. The molecule has 0 aromatic carbocycles. The molecule has 0 saturated heterocycles. The number of oxime groups is 1. The molecule has 0 heterocycles. The number of nitrogens with zero attached hydrogens (tertiary/aromatic N) is 1. The van der Waals surface area contributed by atoms with E-state index >= 15 is 0 Å². The van der Waals surface area contributed by atoms with Gasteiger partial charge in [0.05, 0.1) is 5.71 Å². The molecule has 80 valence electrons. The second-order valence-electron chi connectivity index (χ2n) is 5.98. The summed E-state index contributed by atoms with van der Waals surface area (Å²) in [7, 11) is 0. The van der Waals surface area contributed by atoms with Crippen LogP contribution in [-0.4, -0.2) is 10.9 Å². The first-order valence-corrected chi connectivity index (χ1v) is 5.61. The minimum atomic E-state index is 0.420. The molecular weight excluding hydrogens is 174 g/mol. The molecule has 0 spiro atoms. The zero-order valence-corrected chi connectivity index (χ0v) is 9.67. The molecule has 0 radical (unpaired) electrons. The maximum absolute atomic E-state index is 8.87. The quantitative estimate of drug-likeness (QED) is 0.388. The van der Waals surface area contributed by atoms with Crippen molar-refractivity contribution in [2.75, 3.05) is 0 Å². The molecule has 2 fully saturated rings. The van der Waals surface area contributed by atoms with Crippen LogP contribution in [0.2, 0.25) is 0 Å². The van der Waals surface area contributed by atoms with E-state index in [-0.39, 0.29) is 0 Å². The molecule has 0 amide bonds. The topological polar surface area (TPSA) is 32.6 Å². The minimum absolute atomic E-state index is 0.420. The van der Waals surface area contributed by atoms with E-state index in [4.69, 9.17) is 5.21 Å². The average Bonchev–Trinajstić information content (AvgIpc) is 2.47. The summed E-state index contributed by atoms with van der Waals surface area (Å²) in [5.41, 5.74) is 1.82. The van der Waals surface area contributed by atoms with Crippen molar-refractivity contribution in [2.24, 2.45) is 27.8 Å². The van der Waals surface area contributed by atoms with Crippen LogP contribution in [0.25, 0.3) is 0 Å². The van der Waals surface area contributed by atoms with Crippen LogP contribution < -0.4 is 0 Å². The van der Waals surface area contributed by atoms with Gasteiger partial charge in [0.2, 0.25) is 0 Å². The third-order valence-corrected chi connectivity index (χ3v) is 5.34. The molecule has 2 aliphatic carbocycles. The van der Waals surface area contributed by atoms with E-state index in [9.17, 15) is 0 Å². The van der Waals surface area contributed by atoms with E-state index in [0.717, 1.165) is 11.6 Å². The highest BCUT2D eigenvalue weighted by molar-refractivity contribution is 5.84. The van der Waals surface area contributed by atoms with Crippen molar-refractivity contribution in [2.45, 2.75) is 47.0 Å². The van der Waals surface area contributed by atoms with Crippen LogP contribution in [0.1, 0.15) is 47.0 Å². The molecule has 2 aliphatic rings. The van der Waals surface area contributed by atoms with Gasteiger partial charge in [0.15, 0.2) is 0 Å². The zero-order chi connectivity index (χ0) is 10.6. The summed E-state index contributed by atoms with van der Waals surface area (Å²) in [6.45, 7) is 9.13. The van der Waals surface area contributed by atoms with Gasteiger partial charge >= 0.3 is 0 Å². The van der Waals surface area contributed by atoms with Gasteiger partial charge in [-0.15, -0.1) is 0 Å². The zero-order valence-electron chi connectivity index (χ0n) is 9.67. The molecule has 0 unspecified atom stereocenters. The summed E-state index contributed by atoms with van der Waals surface area (Å²) in [5, 5.41) is 12.3. The largest absolute Gasteiger partial charge is 0.411 e. The average molecular weight is 195 g/mol. The maximum atomic E-state index is 8.87. The summed E-state index contributed by atoms with van der Waals surface area (Å²) in [6.07, 6.45) is 3.86. The van der Waals surface area contributed by atoms with Crippen LogP contribution in [0.3, 0.4) is 0 Å². The second kappa shape index (κ2) is 2.74.